The van der Waals surface area contributed by atoms with Crippen molar-refractivity contribution in [3.63, 3.8) is 0 Å². The zero-order valence-corrected chi connectivity index (χ0v) is 17.1. The molecule has 2 aromatic carbocycles. The van der Waals surface area contributed by atoms with Crippen LogP contribution < -0.4 is 10.6 Å². The maximum Gasteiger partial charge on any atom is 0.338 e. The van der Waals surface area contributed by atoms with E-state index in [4.69, 9.17) is 9.47 Å². The van der Waals surface area contributed by atoms with Crippen LogP contribution in [0.2, 0.25) is 0 Å². The first kappa shape index (κ1) is 22.6. The SMILES string of the molecule is CC(=O)Nc1ccc(C(=O)OCC(=O)Nc2ccc(C(=O)OCC(C)C)cc2)cc1. The lowest BCUT2D eigenvalue weighted by Gasteiger charge is -2.09. The minimum absolute atomic E-state index is 0.220. The number of carbonyl (C=O) groups excluding carboxylic acids is 4. The van der Waals surface area contributed by atoms with Crippen LogP contribution in [0.1, 0.15) is 41.5 Å². The van der Waals surface area contributed by atoms with Gasteiger partial charge in [-0.05, 0) is 54.4 Å². The van der Waals surface area contributed by atoms with Gasteiger partial charge >= 0.3 is 11.9 Å². The Kier molecular flexibility index (Phi) is 8.10. The van der Waals surface area contributed by atoms with Crippen molar-refractivity contribution in [1.29, 1.82) is 0 Å². The van der Waals surface area contributed by atoms with E-state index in [1.54, 1.807) is 36.4 Å². The van der Waals surface area contributed by atoms with Crippen molar-refractivity contribution >= 4 is 35.1 Å². The van der Waals surface area contributed by atoms with Gasteiger partial charge in [-0.1, -0.05) is 13.8 Å². The van der Waals surface area contributed by atoms with Crippen molar-refractivity contribution in [1.82, 2.24) is 0 Å². The van der Waals surface area contributed by atoms with Crippen molar-refractivity contribution in [2.24, 2.45) is 5.92 Å². The third-order valence-electron chi connectivity index (χ3n) is 3.73. The predicted molar refractivity (Wildman–Crippen MR) is 111 cm³/mol. The average Bonchev–Trinajstić information content (AvgIpc) is 2.71. The van der Waals surface area contributed by atoms with Crippen LogP contribution in [0.15, 0.2) is 48.5 Å². The third kappa shape index (κ3) is 7.38. The molecule has 2 aromatic rings. The fraction of sp³-hybridized carbons (Fsp3) is 0.273. The molecule has 0 aliphatic carbocycles. The molecule has 158 valence electrons. The van der Waals surface area contributed by atoms with Crippen LogP contribution in [-0.4, -0.2) is 37.0 Å². The Labute approximate surface area is 174 Å². The molecule has 0 fully saturated rings. The summed E-state index contributed by atoms with van der Waals surface area (Å²) in [4.78, 5) is 46.9. The smallest absolute Gasteiger partial charge is 0.338 e. The maximum atomic E-state index is 12.0. The molecule has 0 saturated carbocycles. The quantitative estimate of drug-likeness (QED) is 0.644. The zero-order chi connectivity index (χ0) is 22.1. The molecule has 0 saturated heterocycles. The molecule has 0 radical (unpaired) electrons. The van der Waals surface area contributed by atoms with Gasteiger partial charge in [-0.25, -0.2) is 9.59 Å². The summed E-state index contributed by atoms with van der Waals surface area (Å²) in [6.45, 7) is 5.13. The first-order valence-corrected chi connectivity index (χ1v) is 9.36. The number of rotatable bonds is 8. The fourth-order valence-corrected chi connectivity index (χ4v) is 2.32. The minimum atomic E-state index is -0.664. The van der Waals surface area contributed by atoms with Crippen LogP contribution in [0.25, 0.3) is 0 Å². The summed E-state index contributed by atoms with van der Waals surface area (Å²) in [5.74, 6) is -1.59. The zero-order valence-electron chi connectivity index (χ0n) is 17.1. The molecule has 0 bridgehead atoms. The van der Waals surface area contributed by atoms with E-state index in [0.717, 1.165) is 0 Å². The molecule has 2 amide bonds. The van der Waals surface area contributed by atoms with E-state index >= 15 is 0 Å². The summed E-state index contributed by atoms with van der Waals surface area (Å²) in [5.41, 5.74) is 1.63. The second-order valence-corrected chi connectivity index (χ2v) is 6.95. The second kappa shape index (κ2) is 10.8. The van der Waals surface area contributed by atoms with E-state index < -0.39 is 24.5 Å². The summed E-state index contributed by atoms with van der Waals surface area (Å²) in [7, 11) is 0. The predicted octanol–water partition coefficient (Wildman–Crippen LogP) is 3.25. The van der Waals surface area contributed by atoms with Gasteiger partial charge in [0.15, 0.2) is 6.61 Å². The van der Waals surface area contributed by atoms with Crippen molar-refractivity contribution in [3.05, 3.63) is 59.7 Å². The van der Waals surface area contributed by atoms with Crippen molar-refractivity contribution < 1.29 is 28.7 Å². The number of hydrogen-bond donors (Lipinski definition) is 2. The van der Waals surface area contributed by atoms with Crippen LogP contribution >= 0.6 is 0 Å². The normalized spacial score (nSPS) is 10.3. The van der Waals surface area contributed by atoms with E-state index in [-0.39, 0.29) is 17.4 Å². The standard InChI is InChI=1S/C22H24N2O6/c1-14(2)12-29-21(27)16-6-10-19(11-7-16)24-20(26)13-30-22(28)17-4-8-18(9-5-17)23-15(3)25/h4-11,14H,12-13H2,1-3H3,(H,23,25)(H,24,26). The van der Waals surface area contributed by atoms with Gasteiger partial charge in [-0.15, -0.1) is 0 Å². The third-order valence-corrected chi connectivity index (χ3v) is 3.73. The Morgan fingerprint density at radius 3 is 1.70 bits per heavy atom. The molecule has 0 spiro atoms. The summed E-state index contributed by atoms with van der Waals surface area (Å²) in [6.07, 6.45) is 0. The lowest BCUT2D eigenvalue weighted by Crippen LogP contribution is -2.21. The second-order valence-electron chi connectivity index (χ2n) is 6.95. The van der Waals surface area contributed by atoms with Gasteiger partial charge in [0.2, 0.25) is 5.91 Å². The number of anilines is 2. The monoisotopic (exact) mass is 412 g/mol. The molecular formula is C22H24N2O6. The van der Waals surface area contributed by atoms with E-state index in [0.29, 0.717) is 23.5 Å². The first-order valence-electron chi connectivity index (χ1n) is 9.36. The Morgan fingerprint density at radius 2 is 1.23 bits per heavy atom. The van der Waals surface area contributed by atoms with Gasteiger partial charge in [0.1, 0.15) is 0 Å². The van der Waals surface area contributed by atoms with Gasteiger partial charge in [-0.3, -0.25) is 9.59 Å². The van der Waals surface area contributed by atoms with Gasteiger partial charge < -0.3 is 20.1 Å². The molecule has 0 heterocycles. The number of esters is 2. The minimum Gasteiger partial charge on any atom is -0.462 e. The van der Waals surface area contributed by atoms with Crippen LogP contribution in [0.5, 0.6) is 0 Å². The number of benzene rings is 2. The van der Waals surface area contributed by atoms with Gasteiger partial charge in [0.05, 0.1) is 17.7 Å². The summed E-state index contributed by atoms with van der Waals surface area (Å²) in [6, 6.07) is 12.3. The molecule has 8 nitrogen and oxygen atoms in total. The fourth-order valence-electron chi connectivity index (χ4n) is 2.32. The first-order chi connectivity index (χ1) is 14.2. The van der Waals surface area contributed by atoms with Crippen LogP contribution in [0, 0.1) is 5.92 Å². The van der Waals surface area contributed by atoms with E-state index in [1.807, 2.05) is 13.8 Å². The van der Waals surface area contributed by atoms with Crippen LogP contribution in [0.3, 0.4) is 0 Å². The molecule has 0 aromatic heterocycles. The Morgan fingerprint density at radius 1 is 0.767 bits per heavy atom. The van der Waals surface area contributed by atoms with Gasteiger partial charge in [-0.2, -0.15) is 0 Å². The van der Waals surface area contributed by atoms with Crippen LogP contribution in [0.4, 0.5) is 11.4 Å². The molecule has 0 aliphatic heterocycles. The van der Waals surface area contributed by atoms with Gasteiger partial charge in [0.25, 0.3) is 5.91 Å². The Bertz CT molecular complexity index is 904. The topological polar surface area (TPSA) is 111 Å². The molecule has 0 unspecified atom stereocenters. The number of nitrogens with one attached hydrogen (secondary N) is 2. The highest BCUT2D eigenvalue weighted by atomic mass is 16.5. The molecule has 8 heteroatoms. The van der Waals surface area contributed by atoms with Crippen LogP contribution in [-0.2, 0) is 19.1 Å². The van der Waals surface area contributed by atoms with Crippen molar-refractivity contribution in [3.8, 4) is 0 Å². The number of amides is 2. The number of ether oxygens (including phenoxy) is 2. The van der Waals surface area contributed by atoms with Crippen molar-refractivity contribution in [2.45, 2.75) is 20.8 Å². The molecule has 2 rings (SSSR count). The molecule has 30 heavy (non-hydrogen) atoms. The van der Waals surface area contributed by atoms with Gasteiger partial charge in [0, 0.05) is 18.3 Å². The number of hydrogen-bond acceptors (Lipinski definition) is 6. The van der Waals surface area contributed by atoms with E-state index in [2.05, 4.69) is 10.6 Å². The molecular weight excluding hydrogens is 388 g/mol. The summed E-state index contributed by atoms with van der Waals surface area (Å²) in [5, 5.41) is 5.17. The summed E-state index contributed by atoms with van der Waals surface area (Å²) >= 11 is 0. The largest absolute Gasteiger partial charge is 0.462 e. The lowest BCUT2D eigenvalue weighted by molar-refractivity contribution is -0.119. The van der Waals surface area contributed by atoms with E-state index in [1.165, 1.54) is 19.1 Å². The molecule has 0 atom stereocenters. The highest BCUT2D eigenvalue weighted by molar-refractivity contribution is 5.96. The highest BCUT2D eigenvalue weighted by Crippen LogP contribution is 2.12. The Balaban J connectivity index is 1.82. The molecule has 2 N–H and O–H groups in total. The highest BCUT2D eigenvalue weighted by Gasteiger charge is 2.12. The average molecular weight is 412 g/mol. The summed E-state index contributed by atoms with van der Waals surface area (Å²) < 4.78 is 10.1. The lowest BCUT2D eigenvalue weighted by atomic mass is 10.2. The maximum absolute atomic E-state index is 12.0. The van der Waals surface area contributed by atoms with E-state index in [9.17, 15) is 19.2 Å². The van der Waals surface area contributed by atoms with Crippen molar-refractivity contribution in [2.75, 3.05) is 23.8 Å². The molecule has 0 aliphatic rings. The Hall–Kier alpha value is -3.68. The number of carbonyl (C=O) groups is 4.